The molecule has 4 nitrogen and oxygen atoms in total. The molecule has 19 heavy (non-hydrogen) atoms. The molecule has 1 aromatic heterocycles. The first-order valence-electron chi connectivity index (χ1n) is 6.48. The molecule has 0 fully saturated rings. The zero-order valence-electron chi connectivity index (χ0n) is 11.3. The summed E-state index contributed by atoms with van der Waals surface area (Å²) in [6.07, 6.45) is 0. The molecule has 0 radical (unpaired) electrons. The molecule has 0 spiro atoms. The number of nitrogens with two attached hydrogens (primary N) is 1. The fraction of sp³-hybridized carbons (Fsp3) is 0.333. The number of rotatable bonds is 2. The molecular formula is C15H18N2O2. The van der Waals surface area contributed by atoms with E-state index in [1.54, 1.807) is 0 Å². The maximum Gasteiger partial charge on any atom is 0.163 e. The Kier molecular flexibility index (Phi) is 2.95. The fourth-order valence-electron chi connectivity index (χ4n) is 2.60. The minimum Gasteiger partial charge on any atom is -0.486 e. The second kappa shape index (κ2) is 4.63. The van der Waals surface area contributed by atoms with Gasteiger partial charge in [0.1, 0.15) is 13.2 Å². The summed E-state index contributed by atoms with van der Waals surface area (Å²) in [4.78, 5) is 0. The van der Waals surface area contributed by atoms with Gasteiger partial charge in [-0.2, -0.15) is 0 Å². The van der Waals surface area contributed by atoms with E-state index in [1.165, 1.54) is 17.0 Å². The Balaban J connectivity index is 2.09. The fourth-order valence-corrected chi connectivity index (χ4v) is 2.60. The third kappa shape index (κ3) is 1.98. The van der Waals surface area contributed by atoms with Gasteiger partial charge < -0.3 is 19.8 Å². The van der Waals surface area contributed by atoms with Crippen LogP contribution in [-0.2, 0) is 6.54 Å². The van der Waals surface area contributed by atoms with Crippen molar-refractivity contribution in [2.75, 3.05) is 13.2 Å². The Morgan fingerprint density at radius 1 is 1.11 bits per heavy atom. The van der Waals surface area contributed by atoms with Crippen molar-refractivity contribution in [2.45, 2.75) is 20.4 Å². The van der Waals surface area contributed by atoms with Crippen LogP contribution in [0.5, 0.6) is 11.5 Å². The summed E-state index contributed by atoms with van der Waals surface area (Å²) in [6.45, 7) is 5.96. The van der Waals surface area contributed by atoms with Crippen molar-refractivity contribution in [3.63, 3.8) is 0 Å². The number of benzene rings is 1. The van der Waals surface area contributed by atoms with E-state index in [2.05, 4.69) is 24.5 Å². The van der Waals surface area contributed by atoms with Crippen molar-refractivity contribution < 1.29 is 9.47 Å². The van der Waals surface area contributed by atoms with Gasteiger partial charge in [0.2, 0.25) is 0 Å². The van der Waals surface area contributed by atoms with E-state index in [0.717, 1.165) is 17.2 Å². The van der Waals surface area contributed by atoms with Crippen molar-refractivity contribution >= 4 is 0 Å². The van der Waals surface area contributed by atoms with Crippen LogP contribution in [0.1, 0.15) is 17.0 Å². The van der Waals surface area contributed by atoms with Gasteiger partial charge in [-0.05, 0) is 37.6 Å². The molecule has 0 bridgehead atoms. The molecule has 1 aromatic carbocycles. The van der Waals surface area contributed by atoms with Crippen LogP contribution < -0.4 is 15.2 Å². The SMILES string of the molecule is Cc1cc(CN)c(C)n1-c1ccc2c(c1)OCCO2. The lowest BCUT2D eigenvalue weighted by Crippen LogP contribution is -2.15. The highest BCUT2D eigenvalue weighted by molar-refractivity contribution is 5.51. The highest BCUT2D eigenvalue weighted by Crippen LogP contribution is 2.33. The van der Waals surface area contributed by atoms with Crippen LogP contribution in [0.25, 0.3) is 5.69 Å². The lowest BCUT2D eigenvalue weighted by atomic mass is 10.2. The van der Waals surface area contributed by atoms with E-state index < -0.39 is 0 Å². The predicted octanol–water partition coefficient (Wildman–Crippen LogP) is 2.32. The summed E-state index contributed by atoms with van der Waals surface area (Å²) in [7, 11) is 0. The van der Waals surface area contributed by atoms with E-state index in [0.29, 0.717) is 19.8 Å². The number of hydrogen-bond donors (Lipinski definition) is 1. The predicted molar refractivity (Wildman–Crippen MR) is 74.1 cm³/mol. The first-order chi connectivity index (χ1) is 9.20. The molecule has 1 aliphatic rings. The summed E-state index contributed by atoms with van der Waals surface area (Å²) in [5.41, 5.74) is 10.4. The molecule has 100 valence electrons. The monoisotopic (exact) mass is 258 g/mol. The Labute approximate surface area is 112 Å². The first kappa shape index (κ1) is 12.1. The van der Waals surface area contributed by atoms with Crippen molar-refractivity contribution in [3.05, 3.63) is 41.2 Å². The van der Waals surface area contributed by atoms with Crippen LogP contribution in [0.3, 0.4) is 0 Å². The molecular weight excluding hydrogens is 240 g/mol. The number of aryl methyl sites for hydroxylation is 1. The quantitative estimate of drug-likeness (QED) is 0.899. The molecule has 2 aromatic rings. The van der Waals surface area contributed by atoms with Gasteiger partial charge in [0.15, 0.2) is 11.5 Å². The first-order valence-corrected chi connectivity index (χ1v) is 6.48. The van der Waals surface area contributed by atoms with E-state index >= 15 is 0 Å². The Hall–Kier alpha value is -1.94. The van der Waals surface area contributed by atoms with Gasteiger partial charge in [-0.15, -0.1) is 0 Å². The van der Waals surface area contributed by atoms with Crippen LogP contribution in [-0.4, -0.2) is 17.8 Å². The maximum absolute atomic E-state index is 5.76. The van der Waals surface area contributed by atoms with E-state index in [-0.39, 0.29) is 0 Å². The minimum absolute atomic E-state index is 0.560. The van der Waals surface area contributed by atoms with Gasteiger partial charge in [0, 0.05) is 29.7 Å². The minimum atomic E-state index is 0.560. The lowest BCUT2D eigenvalue weighted by Gasteiger charge is -2.20. The highest BCUT2D eigenvalue weighted by atomic mass is 16.6. The average Bonchev–Trinajstić information content (AvgIpc) is 2.73. The van der Waals surface area contributed by atoms with Gasteiger partial charge in [-0.1, -0.05) is 0 Å². The number of ether oxygens (including phenoxy) is 2. The van der Waals surface area contributed by atoms with Crippen molar-refractivity contribution in [1.29, 1.82) is 0 Å². The second-order valence-corrected chi connectivity index (χ2v) is 4.76. The molecule has 0 atom stereocenters. The lowest BCUT2D eigenvalue weighted by molar-refractivity contribution is 0.171. The Morgan fingerprint density at radius 3 is 2.53 bits per heavy atom. The molecule has 2 heterocycles. The summed E-state index contributed by atoms with van der Waals surface area (Å²) >= 11 is 0. The number of hydrogen-bond acceptors (Lipinski definition) is 3. The van der Waals surface area contributed by atoms with Crippen LogP contribution >= 0.6 is 0 Å². The highest BCUT2D eigenvalue weighted by Gasteiger charge is 2.15. The van der Waals surface area contributed by atoms with Crippen LogP contribution in [0.4, 0.5) is 0 Å². The summed E-state index contributed by atoms with van der Waals surface area (Å²) in [6, 6.07) is 8.17. The zero-order chi connectivity index (χ0) is 13.4. The maximum atomic E-state index is 5.76. The number of nitrogens with zero attached hydrogens (tertiary/aromatic N) is 1. The molecule has 0 saturated heterocycles. The molecule has 1 aliphatic heterocycles. The van der Waals surface area contributed by atoms with E-state index in [1.807, 2.05) is 18.2 Å². The van der Waals surface area contributed by atoms with Crippen LogP contribution in [0.15, 0.2) is 24.3 Å². The topological polar surface area (TPSA) is 49.4 Å². The van der Waals surface area contributed by atoms with Crippen LogP contribution in [0, 0.1) is 13.8 Å². The molecule has 4 heteroatoms. The molecule has 0 unspecified atom stereocenters. The summed E-state index contributed by atoms with van der Waals surface area (Å²) in [5, 5.41) is 0. The molecule has 0 aliphatic carbocycles. The largest absolute Gasteiger partial charge is 0.486 e. The standard InChI is InChI=1S/C15H18N2O2/c1-10-7-12(9-16)11(2)17(10)13-3-4-14-15(8-13)19-6-5-18-14/h3-4,7-8H,5-6,9,16H2,1-2H3. The third-order valence-corrected chi connectivity index (χ3v) is 3.54. The molecule has 0 saturated carbocycles. The van der Waals surface area contributed by atoms with Crippen molar-refractivity contribution in [2.24, 2.45) is 5.73 Å². The van der Waals surface area contributed by atoms with Crippen LogP contribution in [0.2, 0.25) is 0 Å². The molecule has 0 amide bonds. The number of fused-ring (bicyclic) bond motifs is 1. The van der Waals surface area contributed by atoms with Crippen molar-refractivity contribution in [1.82, 2.24) is 4.57 Å². The Bertz CT molecular complexity index is 617. The van der Waals surface area contributed by atoms with Gasteiger partial charge in [-0.25, -0.2) is 0 Å². The average molecular weight is 258 g/mol. The van der Waals surface area contributed by atoms with Gasteiger partial charge >= 0.3 is 0 Å². The summed E-state index contributed by atoms with van der Waals surface area (Å²) < 4.78 is 13.4. The van der Waals surface area contributed by atoms with E-state index in [9.17, 15) is 0 Å². The smallest absolute Gasteiger partial charge is 0.163 e. The molecule has 2 N–H and O–H groups in total. The van der Waals surface area contributed by atoms with Gasteiger partial charge in [0.05, 0.1) is 0 Å². The summed E-state index contributed by atoms with van der Waals surface area (Å²) in [5.74, 6) is 1.63. The number of aromatic nitrogens is 1. The van der Waals surface area contributed by atoms with E-state index in [4.69, 9.17) is 15.2 Å². The zero-order valence-corrected chi connectivity index (χ0v) is 11.3. The second-order valence-electron chi connectivity index (χ2n) is 4.76. The van der Waals surface area contributed by atoms with Crippen molar-refractivity contribution in [3.8, 4) is 17.2 Å². The van der Waals surface area contributed by atoms with Gasteiger partial charge in [-0.3, -0.25) is 0 Å². The Morgan fingerprint density at radius 2 is 1.84 bits per heavy atom. The normalized spacial score (nSPS) is 13.6. The van der Waals surface area contributed by atoms with Gasteiger partial charge in [0.25, 0.3) is 0 Å². The molecule has 3 rings (SSSR count). The third-order valence-electron chi connectivity index (χ3n) is 3.54.